The first-order chi connectivity index (χ1) is 4.79. The Bertz CT molecular complexity index is 85.3. The third kappa shape index (κ3) is 2.67. The topological polar surface area (TPSA) is 24.1 Å². The van der Waals surface area contributed by atoms with Gasteiger partial charge in [-0.25, -0.2) is 0 Å². The molecular formula is C8H18N2. The van der Waals surface area contributed by atoms with Gasteiger partial charge in [0.2, 0.25) is 0 Å². The van der Waals surface area contributed by atoms with Crippen LogP contribution >= 0.6 is 0 Å². The summed E-state index contributed by atoms with van der Waals surface area (Å²) in [6.45, 7) is 6.76. The molecule has 0 amide bonds. The Morgan fingerprint density at radius 2 is 2.30 bits per heavy atom. The summed E-state index contributed by atoms with van der Waals surface area (Å²) in [5.41, 5.74) is 0. The molecule has 1 aliphatic rings. The van der Waals surface area contributed by atoms with E-state index in [4.69, 9.17) is 0 Å². The summed E-state index contributed by atoms with van der Waals surface area (Å²) in [4.78, 5) is 0. The van der Waals surface area contributed by atoms with Gasteiger partial charge in [0.25, 0.3) is 0 Å². The molecule has 0 radical (unpaired) electrons. The van der Waals surface area contributed by atoms with E-state index >= 15 is 0 Å². The summed E-state index contributed by atoms with van der Waals surface area (Å²) in [5, 5.41) is 6.90. The third-order valence-electron chi connectivity index (χ3n) is 1.87. The fraction of sp³-hybridized carbons (Fsp3) is 1.00. The average Bonchev–Trinajstić information content (AvgIpc) is 1.88. The van der Waals surface area contributed by atoms with Crippen molar-refractivity contribution in [1.82, 2.24) is 10.6 Å². The zero-order valence-corrected chi connectivity index (χ0v) is 6.98. The van der Waals surface area contributed by atoms with Crippen molar-refractivity contribution in [3.8, 4) is 0 Å². The fourth-order valence-electron chi connectivity index (χ4n) is 1.47. The fourth-order valence-corrected chi connectivity index (χ4v) is 1.47. The van der Waals surface area contributed by atoms with Gasteiger partial charge in [0.05, 0.1) is 0 Å². The van der Waals surface area contributed by atoms with E-state index < -0.39 is 0 Å². The molecule has 0 saturated carbocycles. The normalized spacial score (nSPS) is 27.3. The molecule has 60 valence electrons. The minimum atomic E-state index is 0.630. The molecule has 2 heteroatoms. The van der Waals surface area contributed by atoms with Crippen molar-refractivity contribution < 1.29 is 0 Å². The molecule has 2 nitrogen and oxygen atoms in total. The third-order valence-corrected chi connectivity index (χ3v) is 1.87. The van der Waals surface area contributed by atoms with Gasteiger partial charge < -0.3 is 10.6 Å². The smallest absolute Gasteiger partial charge is 0.0195 e. The Kier molecular flexibility index (Phi) is 3.16. The van der Waals surface area contributed by atoms with Crippen LogP contribution in [0, 0.1) is 0 Å². The lowest BCUT2D eigenvalue weighted by atomic mass is 10.1. The van der Waals surface area contributed by atoms with Crippen molar-refractivity contribution in [2.24, 2.45) is 0 Å². The molecule has 0 bridgehead atoms. The van der Waals surface area contributed by atoms with Crippen LogP contribution in [-0.4, -0.2) is 25.2 Å². The molecule has 0 spiro atoms. The van der Waals surface area contributed by atoms with Crippen LogP contribution in [0.3, 0.4) is 0 Å². The quantitative estimate of drug-likeness (QED) is 0.594. The zero-order valence-electron chi connectivity index (χ0n) is 6.98. The largest absolute Gasteiger partial charge is 0.315 e. The van der Waals surface area contributed by atoms with Gasteiger partial charge >= 0.3 is 0 Å². The molecule has 0 aromatic rings. The standard InChI is InChI=1S/C8H18N2/c1-7(2)10-8-4-3-5-9-6-8/h7-10H,3-6H2,1-2H3. The van der Waals surface area contributed by atoms with E-state index in [-0.39, 0.29) is 0 Å². The van der Waals surface area contributed by atoms with Crippen LogP contribution < -0.4 is 10.6 Å². The van der Waals surface area contributed by atoms with Gasteiger partial charge in [-0.15, -0.1) is 0 Å². The van der Waals surface area contributed by atoms with Gasteiger partial charge in [-0.3, -0.25) is 0 Å². The van der Waals surface area contributed by atoms with E-state index in [0.29, 0.717) is 12.1 Å². The first-order valence-electron chi connectivity index (χ1n) is 4.26. The van der Waals surface area contributed by atoms with E-state index in [2.05, 4.69) is 24.5 Å². The van der Waals surface area contributed by atoms with Crippen molar-refractivity contribution in [3.05, 3.63) is 0 Å². The van der Waals surface area contributed by atoms with E-state index in [1.807, 2.05) is 0 Å². The predicted molar refractivity (Wildman–Crippen MR) is 44.2 cm³/mol. The number of piperidine rings is 1. The van der Waals surface area contributed by atoms with Gasteiger partial charge in [-0.1, -0.05) is 13.8 Å². The SMILES string of the molecule is CC(C)NC1CCCNC1. The van der Waals surface area contributed by atoms with Crippen LogP contribution in [0.5, 0.6) is 0 Å². The van der Waals surface area contributed by atoms with Gasteiger partial charge in [0, 0.05) is 18.6 Å². The van der Waals surface area contributed by atoms with Gasteiger partial charge in [-0.05, 0) is 19.4 Å². The molecule has 2 N–H and O–H groups in total. The Hall–Kier alpha value is -0.0800. The lowest BCUT2D eigenvalue weighted by molar-refractivity contribution is 0.367. The molecule has 1 heterocycles. The summed E-state index contributed by atoms with van der Waals surface area (Å²) < 4.78 is 0. The molecular weight excluding hydrogens is 124 g/mol. The molecule has 0 aliphatic carbocycles. The summed E-state index contributed by atoms with van der Waals surface area (Å²) in [7, 11) is 0. The molecule has 1 aliphatic heterocycles. The number of hydrogen-bond acceptors (Lipinski definition) is 2. The van der Waals surface area contributed by atoms with Gasteiger partial charge in [-0.2, -0.15) is 0 Å². The molecule has 1 fully saturated rings. The zero-order chi connectivity index (χ0) is 7.40. The number of rotatable bonds is 2. The van der Waals surface area contributed by atoms with Crippen LogP contribution in [0.15, 0.2) is 0 Å². The van der Waals surface area contributed by atoms with Crippen LogP contribution in [0.25, 0.3) is 0 Å². The second-order valence-electron chi connectivity index (χ2n) is 3.36. The Morgan fingerprint density at radius 1 is 1.50 bits per heavy atom. The maximum Gasteiger partial charge on any atom is 0.0195 e. The monoisotopic (exact) mass is 142 g/mol. The molecule has 0 aromatic carbocycles. The lowest BCUT2D eigenvalue weighted by Gasteiger charge is -2.25. The number of nitrogens with one attached hydrogen (secondary N) is 2. The minimum Gasteiger partial charge on any atom is -0.315 e. The molecule has 1 saturated heterocycles. The average molecular weight is 142 g/mol. The Morgan fingerprint density at radius 3 is 2.80 bits per heavy atom. The minimum absolute atomic E-state index is 0.630. The molecule has 1 atom stereocenters. The van der Waals surface area contributed by atoms with Crippen molar-refractivity contribution in [2.45, 2.75) is 38.8 Å². The highest BCUT2D eigenvalue weighted by Crippen LogP contribution is 2.01. The Labute approximate surface area is 63.4 Å². The van der Waals surface area contributed by atoms with Crippen LogP contribution in [-0.2, 0) is 0 Å². The van der Waals surface area contributed by atoms with E-state index in [9.17, 15) is 0 Å². The highest BCUT2D eigenvalue weighted by molar-refractivity contribution is 4.75. The molecule has 10 heavy (non-hydrogen) atoms. The highest BCUT2D eigenvalue weighted by atomic mass is 15.0. The van der Waals surface area contributed by atoms with Gasteiger partial charge in [0.15, 0.2) is 0 Å². The van der Waals surface area contributed by atoms with Crippen molar-refractivity contribution in [2.75, 3.05) is 13.1 Å². The predicted octanol–water partition coefficient (Wildman–Crippen LogP) is 0.736. The second kappa shape index (κ2) is 3.94. The van der Waals surface area contributed by atoms with E-state index in [1.165, 1.54) is 19.4 Å². The lowest BCUT2D eigenvalue weighted by Crippen LogP contribution is -2.45. The van der Waals surface area contributed by atoms with Crippen LogP contribution in [0.2, 0.25) is 0 Å². The van der Waals surface area contributed by atoms with Crippen LogP contribution in [0.4, 0.5) is 0 Å². The van der Waals surface area contributed by atoms with Crippen molar-refractivity contribution >= 4 is 0 Å². The van der Waals surface area contributed by atoms with Crippen molar-refractivity contribution in [1.29, 1.82) is 0 Å². The first kappa shape index (κ1) is 8.02. The summed E-state index contributed by atoms with van der Waals surface area (Å²) in [5.74, 6) is 0. The maximum absolute atomic E-state index is 3.52. The highest BCUT2D eigenvalue weighted by Gasteiger charge is 2.12. The summed E-state index contributed by atoms with van der Waals surface area (Å²) >= 11 is 0. The van der Waals surface area contributed by atoms with Gasteiger partial charge in [0.1, 0.15) is 0 Å². The van der Waals surface area contributed by atoms with Crippen molar-refractivity contribution in [3.63, 3.8) is 0 Å². The number of hydrogen-bond donors (Lipinski definition) is 2. The molecule has 1 unspecified atom stereocenters. The first-order valence-corrected chi connectivity index (χ1v) is 4.26. The summed E-state index contributed by atoms with van der Waals surface area (Å²) in [6, 6.07) is 1.35. The maximum atomic E-state index is 3.52. The molecule has 0 aromatic heterocycles. The van der Waals surface area contributed by atoms with Crippen LogP contribution in [0.1, 0.15) is 26.7 Å². The summed E-state index contributed by atoms with van der Waals surface area (Å²) in [6.07, 6.45) is 2.66. The van der Waals surface area contributed by atoms with E-state index in [1.54, 1.807) is 0 Å². The Balaban J connectivity index is 2.13. The van der Waals surface area contributed by atoms with E-state index in [0.717, 1.165) is 6.54 Å². The molecule has 1 rings (SSSR count). The second-order valence-corrected chi connectivity index (χ2v) is 3.36.